The van der Waals surface area contributed by atoms with Crippen LogP contribution in [0.5, 0.6) is 0 Å². The molecule has 0 spiro atoms. The van der Waals surface area contributed by atoms with Gasteiger partial charge in [-0.3, -0.25) is 0 Å². The molecule has 1 saturated heterocycles. The van der Waals surface area contributed by atoms with Gasteiger partial charge in [0.2, 0.25) is 0 Å². The number of benzene rings is 1. The molecule has 1 aromatic carbocycles. The molecule has 1 nitrogen and oxygen atoms in total. The fourth-order valence-corrected chi connectivity index (χ4v) is 3.51. The number of aryl methyl sites for hydroxylation is 2. The first kappa shape index (κ1) is 13.5. The maximum absolute atomic E-state index is 14.4. The molecule has 0 saturated carbocycles. The molecule has 0 radical (unpaired) electrons. The number of halogens is 1. The molecule has 1 aliphatic rings. The van der Waals surface area contributed by atoms with Crippen LogP contribution in [0.15, 0.2) is 12.1 Å². The third-order valence-electron chi connectivity index (χ3n) is 3.91. The van der Waals surface area contributed by atoms with Crippen molar-refractivity contribution in [3.8, 4) is 0 Å². The van der Waals surface area contributed by atoms with Crippen molar-refractivity contribution in [2.75, 3.05) is 6.54 Å². The molecule has 1 fully saturated rings. The van der Waals surface area contributed by atoms with Crippen molar-refractivity contribution in [2.45, 2.75) is 52.5 Å². The lowest BCUT2D eigenvalue weighted by Gasteiger charge is -2.34. The van der Waals surface area contributed by atoms with Gasteiger partial charge < -0.3 is 5.32 Å². The normalized spacial score (nSPS) is 23.9. The first-order chi connectivity index (χ1) is 8.44. The minimum atomic E-state index is -0.143. The second kappa shape index (κ2) is 5.00. The molecule has 0 amide bonds. The first-order valence-electron chi connectivity index (χ1n) is 6.97. The third kappa shape index (κ3) is 2.44. The van der Waals surface area contributed by atoms with E-state index < -0.39 is 0 Å². The molecule has 1 heterocycles. The van der Waals surface area contributed by atoms with Crippen LogP contribution in [-0.4, -0.2) is 6.54 Å². The van der Waals surface area contributed by atoms with E-state index in [1.807, 2.05) is 13.8 Å². The van der Waals surface area contributed by atoms with Crippen molar-refractivity contribution in [3.63, 3.8) is 0 Å². The lowest BCUT2D eigenvalue weighted by atomic mass is 9.78. The smallest absolute Gasteiger partial charge is 0.128 e. The van der Waals surface area contributed by atoms with Crippen LogP contribution in [0.3, 0.4) is 0 Å². The number of rotatable bonds is 3. The van der Waals surface area contributed by atoms with Crippen molar-refractivity contribution >= 4 is 0 Å². The van der Waals surface area contributed by atoms with Gasteiger partial charge in [0.25, 0.3) is 0 Å². The molecule has 1 aromatic rings. The molecule has 100 valence electrons. The Morgan fingerprint density at radius 2 is 2.06 bits per heavy atom. The summed E-state index contributed by atoms with van der Waals surface area (Å²) in [5.41, 5.74) is 2.85. The van der Waals surface area contributed by atoms with Gasteiger partial charge in [0, 0.05) is 11.1 Å². The Hall–Kier alpha value is -0.890. The molecule has 0 aliphatic carbocycles. The predicted molar refractivity (Wildman–Crippen MR) is 74.2 cm³/mol. The second-order valence-corrected chi connectivity index (χ2v) is 6.15. The third-order valence-corrected chi connectivity index (χ3v) is 3.91. The summed E-state index contributed by atoms with van der Waals surface area (Å²) < 4.78 is 14.4. The minimum absolute atomic E-state index is 0.0393. The predicted octanol–water partition coefficient (Wildman–Crippen LogP) is 4.07. The van der Waals surface area contributed by atoms with Crippen LogP contribution < -0.4 is 5.32 Å². The SMILES string of the molecule is Cc1cc(C)c(C2(CC(C)C)CCCN2)c(F)c1. The lowest BCUT2D eigenvalue weighted by molar-refractivity contribution is 0.299. The average Bonchev–Trinajstić information content (AvgIpc) is 2.63. The Morgan fingerprint density at radius 3 is 2.56 bits per heavy atom. The van der Waals surface area contributed by atoms with E-state index >= 15 is 0 Å². The topological polar surface area (TPSA) is 12.0 Å². The fraction of sp³-hybridized carbons (Fsp3) is 0.625. The number of hydrogen-bond donors (Lipinski definition) is 1. The number of nitrogens with one attached hydrogen (secondary N) is 1. The van der Waals surface area contributed by atoms with E-state index in [4.69, 9.17) is 0 Å². The standard InChI is InChI=1S/C16H24FN/c1-11(2)10-16(6-5-7-18-16)15-13(4)8-12(3)9-14(15)17/h8-9,11,18H,5-7,10H2,1-4H3. The Balaban J connectivity index is 2.49. The van der Waals surface area contributed by atoms with Crippen molar-refractivity contribution < 1.29 is 4.39 Å². The summed E-state index contributed by atoms with van der Waals surface area (Å²) in [5, 5.41) is 3.58. The Morgan fingerprint density at radius 1 is 1.33 bits per heavy atom. The molecule has 2 rings (SSSR count). The Labute approximate surface area is 110 Å². The zero-order valence-corrected chi connectivity index (χ0v) is 11.9. The summed E-state index contributed by atoms with van der Waals surface area (Å²) in [7, 11) is 0. The molecule has 18 heavy (non-hydrogen) atoms. The number of hydrogen-bond acceptors (Lipinski definition) is 1. The maximum Gasteiger partial charge on any atom is 0.128 e. The van der Waals surface area contributed by atoms with Gasteiger partial charge in [-0.05, 0) is 62.8 Å². The van der Waals surface area contributed by atoms with E-state index in [1.54, 1.807) is 6.07 Å². The van der Waals surface area contributed by atoms with E-state index in [-0.39, 0.29) is 11.4 Å². The van der Waals surface area contributed by atoms with Crippen molar-refractivity contribution in [1.82, 2.24) is 5.32 Å². The summed E-state index contributed by atoms with van der Waals surface area (Å²) in [4.78, 5) is 0. The summed E-state index contributed by atoms with van der Waals surface area (Å²) in [6.45, 7) is 9.41. The molecule has 1 unspecified atom stereocenters. The van der Waals surface area contributed by atoms with Crippen LogP contribution in [-0.2, 0) is 5.54 Å². The first-order valence-corrected chi connectivity index (χ1v) is 6.97. The maximum atomic E-state index is 14.4. The molecule has 0 bridgehead atoms. The van der Waals surface area contributed by atoms with E-state index in [0.29, 0.717) is 5.92 Å². The Kier molecular flexibility index (Phi) is 3.76. The largest absolute Gasteiger partial charge is 0.307 e. The van der Waals surface area contributed by atoms with Gasteiger partial charge in [-0.25, -0.2) is 4.39 Å². The highest BCUT2D eigenvalue weighted by Gasteiger charge is 2.38. The second-order valence-electron chi connectivity index (χ2n) is 6.15. The van der Waals surface area contributed by atoms with Crippen LogP contribution in [0.25, 0.3) is 0 Å². The summed E-state index contributed by atoms with van der Waals surface area (Å²) >= 11 is 0. The van der Waals surface area contributed by atoms with Crippen molar-refractivity contribution in [3.05, 3.63) is 34.6 Å². The minimum Gasteiger partial charge on any atom is -0.307 e. The van der Waals surface area contributed by atoms with Gasteiger partial charge in [0.15, 0.2) is 0 Å². The fourth-order valence-electron chi connectivity index (χ4n) is 3.51. The molecule has 1 aliphatic heterocycles. The van der Waals surface area contributed by atoms with Crippen LogP contribution >= 0.6 is 0 Å². The van der Waals surface area contributed by atoms with E-state index in [2.05, 4.69) is 25.2 Å². The van der Waals surface area contributed by atoms with Gasteiger partial charge >= 0.3 is 0 Å². The molecule has 2 heteroatoms. The highest BCUT2D eigenvalue weighted by Crippen LogP contribution is 2.39. The molecule has 1 atom stereocenters. The van der Waals surface area contributed by atoms with Gasteiger partial charge in [-0.1, -0.05) is 19.9 Å². The van der Waals surface area contributed by atoms with E-state index in [1.165, 1.54) is 0 Å². The Bertz CT molecular complexity index is 408. The lowest BCUT2D eigenvalue weighted by Crippen LogP contribution is -2.39. The molecule has 0 aromatic heterocycles. The van der Waals surface area contributed by atoms with Gasteiger partial charge in [-0.15, -0.1) is 0 Å². The van der Waals surface area contributed by atoms with Crippen molar-refractivity contribution in [2.24, 2.45) is 5.92 Å². The van der Waals surface area contributed by atoms with E-state index in [9.17, 15) is 4.39 Å². The monoisotopic (exact) mass is 249 g/mol. The van der Waals surface area contributed by atoms with Gasteiger partial charge in [-0.2, -0.15) is 0 Å². The molecular formula is C16H24FN. The summed E-state index contributed by atoms with van der Waals surface area (Å²) in [6, 6.07) is 3.77. The van der Waals surface area contributed by atoms with E-state index in [0.717, 1.165) is 42.5 Å². The summed E-state index contributed by atoms with van der Waals surface area (Å²) in [6.07, 6.45) is 3.19. The van der Waals surface area contributed by atoms with Crippen LogP contribution in [0.1, 0.15) is 49.8 Å². The average molecular weight is 249 g/mol. The summed E-state index contributed by atoms with van der Waals surface area (Å²) in [5.74, 6) is 0.526. The zero-order chi connectivity index (χ0) is 13.3. The highest BCUT2D eigenvalue weighted by atomic mass is 19.1. The highest BCUT2D eigenvalue weighted by molar-refractivity contribution is 5.38. The van der Waals surface area contributed by atoms with Crippen LogP contribution in [0.2, 0.25) is 0 Å². The molecular weight excluding hydrogens is 225 g/mol. The van der Waals surface area contributed by atoms with Gasteiger partial charge in [0.1, 0.15) is 5.82 Å². The van der Waals surface area contributed by atoms with Crippen LogP contribution in [0, 0.1) is 25.6 Å². The van der Waals surface area contributed by atoms with Gasteiger partial charge in [0.05, 0.1) is 0 Å². The zero-order valence-electron chi connectivity index (χ0n) is 11.9. The molecule has 1 N–H and O–H groups in total. The van der Waals surface area contributed by atoms with Crippen molar-refractivity contribution in [1.29, 1.82) is 0 Å². The van der Waals surface area contributed by atoms with Crippen LogP contribution in [0.4, 0.5) is 4.39 Å². The quantitative estimate of drug-likeness (QED) is 0.851.